The van der Waals surface area contributed by atoms with Crippen LogP contribution in [-0.2, 0) is 19.2 Å². The first-order valence-corrected chi connectivity index (χ1v) is 12.0. The Balaban J connectivity index is 1.52. The SMILES string of the molecule is COC(=O)c1ccc(N2C(=O)[C@@H]3[C@H](ON(c4ccccc4)[C@H]3c3ccc(SC)cc3)C2=O)cc1. The van der Waals surface area contributed by atoms with Crippen LogP contribution in [0.2, 0.25) is 0 Å². The highest BCUT2D eigenvalue weighted by molar-refractivity contribution is 7.98. The predicted octanol–water partition coefficient (Wildman–Crippen LogP) is 4.25. The van der Waals surface area contributed by atoms with Gasteiger partial charge in [0.2, 0.25) is 5.91 Å². The third-order valence-electron chi connectivity index (χ3n) is 6.13. The summed E-state index contributed by atoms with van der Waals surface area (Å²) in [6.07, 6.45) is 1.06. The lowest BCUT2D eigenvalue weighted by Gasteiger charge is -2.28. The van der Waals surface area contributed by atoms with Crippen LogP contribution in [0.5, 0.6) is 0 Å². The van der Waals surface area contributed by atoms with E-state index in [0.29, 0.717) is 11.3 Å². The van der Waals surface area contributed by atoms with E-state index in [1.165, 1.54) is 19.2 Å². The van der Waals surface area contributed by atoms with Gasteiger partial charge < -0.3 is 4.74 Å². The summed E-state index contributed by atoms with van der Waals surface area (Å²) in [5.41, 5.74) is 2.39. The third kappa shape index (κ3) is 3.65. The number of nitrogens with zero attached hydrogens (tertiary/aromatic N) is 2. The van der Waals surface area contributed by atoms with E-state index >= 15 is 0 Å². The van der Waals surface area contributed by atoms with Crippen LogP contribution in [0.15, 0.2) is 83.8 Å². The first kappa shape index (κ1) is 22.2. The Hall–Kier alpha value is -3.62. The molecule has 2 aliphatic heterocycles. The van der Waals surface area contributed by atoms with Crippen LogP contribution in [-0.4, -0.2) is 37.3 Å². The van der Waals surface area contributed by atoms with Gasteiger partial charge in [-0.2, -0.15) is 0 Å². The van der Waals surface area contributed by atoms with Gasteiger partial charge in [-0.3, -0.25) is 14.4 Å². The molecule has 2 saturated heterocycles. The molecule has 2 aliphatic rings. The van der Waals surface area contributed by atoms with E-state index in [0.717, 1.165) is 21.0 Å². The fourth-order valence-electron chi connectivity index (χ4n) is 4.47. The zero-order valence-corrected chi connectivity index (χ0v) is 19.4. The minimum atomic E-state index is -0.946. The fraction of sp³-hybridized carbons (Fsp3) is 0.192. The Morgan fingerprint density at radius 2 is 1.56 bits per heavy atom. The van der Waals surface area contributed by atoms with Gasteiger partial charge in [0, 0.05) is 4.90 Å². The summed E-state index contributed by atoms with van der Waals surface area (Å²) < 4.78 is 4.72. The number of esters is 1. The fourth-order valence-corrected chi connectivity index (χ4v) is 4.88. The molecule has 0 aromatic heterocycles. The van der Waals surface area contributed by atoms with Gasteiger partial charge in [0.1, 0.15) is 5.92 Å². The smallest absolute Gasteiger partial charge is 0.337 e. The molecule has 3 aromatic rings. The second-order valence-corrected chi connectivity index (χ2v) is 8.86. The first-order chi connectivity index (χ1) is 16.5. The molecule has 2 heterocycles. The predicted molar refractivity (Wildman–Crippen MR) is 129 cm³/mol. The topological polar surface area (TPSA) is 76.2 Å². The van der Waals surface area contributed by atoms with Crippen LogP contribution in [0.25, 0.3) is 0 Å². The van der Waals surface area contributed by atoms with Crippen molar-refractivity contribution in [1.82, 2.24) is 0 Å². The summed E-state index contributed by atoms with van der Waals surface area (Å²) in [7, 11) is 1.30. The average molecular weight is 475 g/mol. The Morgan fingerprint density at radius 1 is 0.882 bits per heavy atom. The lowest BCUT2D eigenvalue weighted by atomic mass is 9.90. The van der Waals surface area contributed by atoms with Crippen molar-refractivity contribution in [3.05, 3.63) is 90.0 Å². The molecule has 0 radical (unpaired) electrons. The number of hydrogen-bond donors (Lipinski definition) is 0. The number of benzene rings is 3. The molecule has 34 heavy (non-hydrogen) atoms. The number of fused-ring (bicyclic) bond motifs is 1. The van der Waals surface area contributed by atoms with Crippen LogP contribution in [0.1, 0.15) is 22.0 Å². The minimum absolute atomic E-state index is 0.335. The second kappa shape index (κ2) is 8.96. The molecule has 5 rings (SSSR count). The Bertz CT molecular complexity index is 1230. The van der Waals surface area contributed by atoms with Crippen molar-refractivity contribution in [2.75, 3.05) is 23.3 Å². The normalized spacial score (nSPS) is 21.6. The Kier molecular flexibility index (Phi) is 5.85. The number of ether oxygens (including phenoxy) is 1. The first-order valence-electron chi connectivity index (χ1n) is 10.7. The van der Waals surface area contributed by atoms with E-state index in [2.05, 4.69) is 0 Å². The number of carbonyl (C=O) groups is 3. The van der Waals surface area contributed by atoms with Crippen molar-refractivity contribution in [3.8, 4) is 0 Å². The molecule has 2 fully saturated rings. The molecule has 8 heteroatoms. The molecular weight excluding hydrogens is 452 g/mol. The highest BCUT2D eigenvalue weighted by Gasteiger charge is 2.60. The van der Waals surface area contributed by atoms with Crippen molar-refractivity contribution in [2.24, 2.45) is 5.92 Å². The number of carbonyl (C=O) groups excluding carboxylic acids is 3. The monoisotopic (exact) mass is 474 g/mol. The van der Waals surface area contributed by atoms with Gasteiger partial charge in [-0.05, 0) is 60.4 Å². The molecule has 0 spiro atoms. The quantitative estimate of drug-likeness (QED) is 0.311. The Labute approximate surface area is 201 Å². The van der Waals surface area contributed by atoms with E-state index in [9.17, 15) is 14.4 Å². The van der Waals surface area contributed by atoms with Gasteiger partial charge >= 0.3 is 5.97 Å². The van der Waals surface area contributed by atoms with Gasteiger partial charge in [-0.25, -0.2) is 14.8 Å². The van der Waals surface area contributed by atoms with E-state index < -0.39 is 29.9 Å². The zero-order valence-electron chi connectivity index (χ0n) is 18.6. The molecule has 0 N–H and O–H groups in total. The molecule has 3 aromatic carbocycles. The van der Waals surface area contributed by atoms with Gasteiger partial charge in [0.05, 0.1) is 30.1 Å². The highest BCUT2D eigenvalue weighted by atomic mass is 32.2. The summed E-state index contributed by atoms with van der Waals surface area (Å²) in [5, 5.41) is 1.68. The number of methoxy groups -OCH3 is 1. The Morgan fingerprint density at radius 3 is 2.18 bits per heavy atom. The highest BCUT2D eigenvalue weighted by Crippen LogP contribution is 2.47. The second-order valence-electron chi connectivity index (χ2n) is 7.98. The van der Waals surface area contributed by atoms with E-state index in [1.807, 2.05) is 60.9 Å². The standard InChI is InChI=1S/C26H22N2O5S/c1-32-26(31)17-8-12-18(13-9-17)27-24(29)21-22(16-10-14-20(34-2)15-11-16)28(33-23(21)25(27)30)19-6-4-3-5-7-19/h3-15,21-23H,1-2H3/t21-,22-,23-/m0/s1. The average Bonchev–Trinajstić information content (AvgIpc) is 3.40. The number of thioether (sulfide) groups is 1. The van der Waals surface area contributed by atoms with Crippen LogP contribution in [0.4, 0.5) is 11.4 Å². The van der Waals surface area contributed by atoms with Gasteiger partial charge in [-0.15, -0.1) is 11.8 Å². The number of hydroxylamine groups is 1. The molecule has 0 unspecified atom stereocenters. The van der Waals surface area contributed by atoms with Gasteiger partial charge in [0.15, 0.2) is 6.10 Å². The number of anilines is 2. The number of imide groups is 1. The summed E-state index contributed by atoms with van der Waals surface area (Å²) in [5.74, 6) is -1.96. The van der Waals surface area contributed by atoms with Crippen molar-refractivity contribution in [1.29, 1.82) is 0 Å². The van der Waals surface area contributed by atoms with Crippen LogP contribution in [0.3, 0.4) is 0 Å². The van der Waals surface area contributed by atoms with E-state index in [4.69, 9.17) is 9.57 Å². The van der Waals surface area contributed by atoms with Gasteiger partial charge in [-0.1, -0.05) is 30.3 Å². The molecule has 7 nitrogen and oxygen atoms in total. The number of para-hydroxylation sites is 1. The molecule has 2 amide bonds. The molecule has 172 valence electrons. The number of hydrogen-bond acceptors (Lipinski definition) is 7. The molecule has 0 bridgehead atoms. The maximum atomic E-state index is 13.7. The van der Waals surface area contributed by atoms with Crippen LogP contribution in [0, 0.1) is 5.92 Å². The number of rotatable bonds is 5. The maximum absolute atomic E-state index is 13.7. The summed E-state index contributed by atoms with van der Waals surface area (Å²) >= 11 is 1.63. The molecule has 3 atom stereocenters. The van der Waals surface area contributed by atoms with Crippen molar-refractivity contribution >= 4 is 40.9 Å². The lowest BCUT2D eigenvalue weighted by molar-refractivity contribution is -0.126. The summed E-state index contributed by atoms with van der Waals surface area (Å²) in [6.45, 7) is 0. The number of amides is 2. The van der Waals surface area contributed by atoms with Gasteiger partial charge in [0.25, 0.3) is 5.91 Å². The summed E-state index contributed by atoms with van der Waals surface area (Å²) in [6, 6.07) is 23.1. The third-order valence-corrected chi connectivity index (χ3v) is 6.87. The van der Waals surface area contributed by atoms with Crippen molar-refractivity contribution in [2.45, 2.75) is 17.0 Å². The zero-order chi connectivity index (χ0) is 23.8. The molecule has 0 saturated carbocycles. The van der Waals surface area contributed by atoms with E-state index in [1.54, 1.807) is 29.0 Å². The van der Waals surface area contributed by atoms with E-state index in [-0.39, 0.29) is 5.91 Å². The molecular formula is C26H22N2O5S. The van der Waals surface area contributed by atoms with Crippen molar-refractivity contribution < 1.29 is 24.0 Å². The molecule has 0 aliphatic carbocycles. The maximum Gasteiger partial charge on any atom is 0.337 e. The lowest BCUT2D eigenvalue weighted by Crippen LogP contribution is -2.37. The minimum Gasteiger partial charge on any atom is -0.465 e. The van der Waals surface area contributed by atoms with Crippen LogP contribution >= 0.6 is 11.8 Å². The van der Waals surface area contributed by atoms with Crippen LogP contribution < -0.4 is 9.96 Å². The largest absolute Gasteiger partial charge is 0.465 e. The van der Waals surface area contributed by atoms with Crippen molar-refractivity contribution in [3.63, 3.8) is 0 Å². The summed E-state index contributed by atoms with van der Waals surface area (Å²) in [4.78, 5) is 47.2.